The molecule has 2 aromatic rings. The molecule has 0 aliphatic rings. The number of benzene rings is 1. The van der Waals surface area contributed by atoms with E-state index in [-0.39, 0.29) is 4.90 Å². The molecule has 0 amide bonds. The van der Waals surface area contributed by atoms with Crippen LogP contribution in [-0.4, -0.2) is 8.42 Å². The smallest absolute Gasteiger partial charge is 0.238 e. The summed E-state index contributed by atoms with van der Waals surface area (Å²) in [5, 5.41) is 10.3. The van der Waals surface area contributed by atoms with Crippen LogP contribution in [0.5, 0.6) is 0 Å². The summed E-state index contributed by atoms with van der Waals surface area (Å²) >= 11 is 1.69. The van der Waals surface area contributed by atoms with Crippen LogP contribution in [0.3, 0.4) is 0 Å². The van der Waals surface area contributed by atoms with Gasteiger partial charge in [0.1, 0.15) is 0 Å². The molecule has 108 valence electrons. The van der Waals surface area contributed by atoms with Gasteiger partial charge in [0.25, 0.3) is 0 Å². The Morgan fingerprint density at radius 1 is 1.30 bits per heavy atom. The summed E-state index contributed by atoms with van der Waals surface area (Å²) in [6.07, 6.45) is 0.986. The van der Waals surface area contributed by atoms with E-state index >= 15 is 0 Å². The Morgan fingerprint density at radius 3 is 2.65 bits per heavy atom. The van der Waals surface area contributed by atoms with Gasteiger partial charge in [-0.25, -0.2) is 13.6 Å². The van der Waals surface area contributed by atoms with E-state index in [4.69, 9.17) is 10.9 Å². The van der Waals surface area contributed by atoms with Gasteiger partial charge in [-0.05, 0) is 41.6 Å². The van der Waals surface area contributed by atoms with Crippen molar-refractivity contribution in [3.8, 4) is 0 Å². The van der Waals surface area contributed by atoms with Gasteiger partial charge in [-0.3, -0.25) is 0 Å². The predicted molar refractivity (Wildman–Crippen MR) is 83.3 cm³/mol. The summed E-state index contributed by atoms with van der Waals surface area (Å²) < 4.78 is 22.5. The second-order valence-corrected chi connectivity index (χ2v) is 6.93. The first-order chi connectivity index (χ1) is 9.41. The maximum atomic E-state index is 11.2. The highest BCUT2D eigenvalue weighted by Crippen LogP contribution is 2.24. The molecular weight excluding hydrogens is 294 g/mol. The van der Waals surface area contributed by atoms with Crippen molar-refractivity contribution in [1.82, 2.24) is 0 Å². The number of aryl methyl sites for hydroxylation is 1. The molecule has 5 nitrogen and oxygen atoms in total. The van der Waals surface area contributed by atoms with E-state index < -0.39 is 10.0 Å². The molecule has 1 aromatic carbocycles. The number of nitrogens with two attached hydrogens (primary N) is 2. The first-order valence-corrected chi connectivity index (χ1v) is 8.56. The fraction of sp³-hybridized carbons (Fsp3) is 0.231. The van der Waals surface area contributed by atoms with E-state index in [1.807, 2.05) is 0 Å². The molecule has 0 spiro atoms. The first-order valence-electron chi connectivity index (χ1n) is 6.13. The monoisotopic (exact) mass is 311 g/mol. The van der Waals surface area contributed by atoms with Crippen LogP contribution in [0.1, 0.15) is 17.4 Å². The van der Waals surface area contributed by atoms with Gasteiger partial charge in [-0.15, -0.1) is 11.3 Å². The van der Waals surface area contributed by atoms with Crippen molar-refractivity contribution < 1.29 is 8.42 Å². The van der Waals surface area contributed by atoms with Gasteiger partial charge < -0.3 is 11.1 Å². The number of rotatable bonds is 5. The van der Waals surface area contributed by atoms with Crippen LogP contribution in [0.2, 0.25) is 0 Å². The third kappa shape index (κ3) is 3.30. The molecule has 0 saturated carbocycles. The molecule has 0 fully saturated rings. The van der Waals surface area contributed by atoms with Crippen LogP contribution in [-0.2, 0) is 23.0 Å². The predicted octanol–water partition coefficient (Wildman–Crippen LogP) is 2.15. The lowest BCUT2D eigenvalue weighted by Crippen LogP contribution is -2.13. The molecule has 0 aliphatic carbocycles. The molecule has 20 heavy (non-hydrogen) atoms. The van der Waals surface area contributed by atoms with Gasteiger partial charge in [-0.2, -0.15) is 0 Å². The number of hydrogen-bond acceptors (Lipinski definition) is 5. The topological polar surface area (TPSA) is 98.2 Å². The second-order valence-electron chi connectivity index (χ2n) is 4.37. The zero-order chi connectivity index (χ0) is 14.8. The van der Waals surface area contributed by atoms with Crippen molar-refractivity contribution in [2.45, 2.75) is 24.8 Å². The molecule has 5 N–H and O–H groups in total. The van der Waals surface area contributed by atoms with Gasteiger partial charge in [0.2, 0.25) is 10.0 Å². The Morgan fingerprint density at radius 2 is 2.05 bits per heavy atom. The molecule has 0 unspecified atom stereocenters. The third-order valence-corrected chi connectivity index (χ3v) is 4.88. The molecule has 0 saturated heterocycles. The van der Waals surface area contributed by atoms with E-state index in [0.29, 0.717) is 17.9 Å². The van der Waals surface area contributed by atoms with Crippen LogP contribution < -0.4 is 16.2 Å². The van der Waals surface area contributed by atoms with Gasteiger partial charge in [-0.1, -0.05) is 6.92 Å². The number of nitrogens with one attached hydrogen (secondary N) is 1. The maximum absolute atomic E-state index is 11.2. The minimum atomic E-state index is -3.72. The number of anilines is 2. The van der Waals surface area contributed by atoms with Crippen LogP contribution in [0.4, 0.5) is 11.4 Å². The fourth-order valence-electron chi connectivity index (χ4n) is 1.89. The van der Waals surface area contributed by atoms with Gasteiger partial charge in [0.05, 0.1) is 16.3 Å². The number of thiophene rings is 1. The average molecular weight is 311 g/mol. The minimum absolute atomic E-state index is 0.0194. The van der Waals surface area contributed by atoms with Crippen LogP contribution >= 0.6 is 11.3 Å². The van der Waals surface area contributed by atoms with Crippen LogP contribution in [0, 0.1) is 0 Å². The van der Waals surface area contributed by atoms with E-state index in [9.17, 15) is 8.42 Å². The number of sulfonamides is 1. The summed E-state index contributed by atoms with van der Waals surface area (Å²) in [5.41, 5.74) is 8.23. The summed E-state index contributed by atoms with van der Waals surface area (Å²) in [6.45, 7) is 2.78. The van der Waals surface area contributed by atoms with Crippen molar-refractivity contribution in [3.05, 3.63) is 40.1 Å². The molecule has 1 aromatic heterocycles. The molecule has 2 rings (SSSR count). The lowest BCUT2D eigenvalue weighted by atomic mass is 10.2. The second kappa shape index (κ2) is 5.82. The lowest BCUT2D eigenvalue weighted by molar-refractivity contribution is 0.598. The average Bonchev–Trinajstić information content (AvgIpc) is 2.83. The first kappa shape index (κ1) is 14.8. The molecular formula is C13H17N3O2S2. The summed E-state index contributed by atoms with van der Waals surface area (Å²) in [5.74, 6) is 0. The molecule has 0 atom stereocenters. The maximum Gasteiger partial charge on any atom is 0.238 e. The van der Waals surface area contributed by atoms with Crippen LogP contribution in [0.15, 0.2) is 34.5 Å². The summed E-state index contributed by atoms with van der Waals surface area (Å²) in [6, 6.07) is 6.55. The van der Waals surface area contributed by atoms with Crippen molar-refractivity contribution in [2.24, 2.45) is 5.14 Å². The van der Waals surface area contributed by atoms with Gasteiger partial charge in [0, 0.05) is 11.4 Å². The standard InChI is InChI=1S/C13H17N3O2S2/c1-2-9-5-6-19-13(9)8-16-12-4-3-10(7-11(12)14)20(15,17)18/h3-7,16H,2,8,14H2,1H3,(H2,15,17,18). The fourth-order valence-corrected chi connectivity index (χ4v) is 3.36. The Bertz CT molecular complexity index is 708. The molecule has 0 aliphatic heterocycles. The molecule has 0 bridgehead atoms. The Hall–Kier alpha value is -1.57. The van der Waals surface area contributed by atoms with Crippen molar-refractivity contribution in [3.63, 3.8) is 0 Å². The van der Waals surface area contributed by atoms with Crippen LogP contribution in [0.25, 0.3) is 0 Å². The SMILES string of the molecule is CCc1ccsc1CNc1ccc(S(N)(=O)=O)cc1N. The Labute approximate surface area is 122 Å². The zero-order valence-corrected chi connectivity index (χ0v) is 12.7. The van der Waals surface area contributed by atoms with E-state index in [1.165, 1.54) is 22.6 Å². The molecule has 7 heteroatoms. The van der Waals surface area contributed by atoms with Gasteiger partial charge >= 0.3 is 0 Å². The number of hydrogen-bond donors (Lipinski definition) is 3. The van der Waals surface area contributed by atoms with E-state index in [1.54, 1.807) is 17.4 Å². The summed E-state index contributed by atoms with van der Waals surface area (Å²) in [4.78, 5) is 1.27. The largest absolute Gasteiger partial charge is 0.397 e. The van der Waals surface area contributed by atoms with Crippen molar-refractivity contribution in [2.75, 3.05) is 11.1 Å². The molecule has 1 heterocycles. The highest BCUT2D eigenvalue weighted by Gasteiger charge is 2.10. The Kier molecular flexibility index (Phi) is 4.32. The molecule has 0 radical (unpaired) electrons. The zero-order valence-electron chi connectivity index (χ0n) is 11.1. The van der Waals surface area contributed by atoms with E-state index in [0.717, 1.165) is 6.42 Å². The lowest BCUT2D eigenvalue weighted by Gasteiger charge is -2.10. The number of primary sulfonamides is 1. The minimum Gasteiger partial charge on any atom is -0.397 e. The highest BCUT2D eigenvalue weighted by molar-refractivity contribution is 7.89. The normalized spacial score (nSPS) is 11.5. The number of nitrogen functional groups attached to an aromatic ring is 1. The van der Waals surface area contributed by atoms with Crippen molar-refractivity contribution in [1.29, 1.82) is 0 Å². The van der Waals surface area contributed by atoms with E-state index in [2.05, 4.69) is 23.7 Å². The highest BCUT2D eigenvalue weighted by atomic mass is 32.2. The Balaban J connectivity index is 2.15. The third-order valence-electron chi connectivity index (χ3n) is 3.01. The van der Waals surface area contributed by atoms with Crippen molar-refractivity contribution >= 4 is 32.7 Å². The van der Waals surface area contributed by atoms with Gasteiger partial charge in [0.15, 0.2) is 0 Å². The quantitative estimate of drug-likeness (QED) is 0.737. The summed E-state index contributed by atoms with van der Waals surface area (Å²) in [7, 11) is -3.72.